The molecule has 10 bridgehead atoms. The van der Waals surface area contributed by atoms with E-state index in [-0.39, 0.29) is 48.1 Å². The van der Waals surface area contributed by atoms with E-state index >= 15 is 0 Å². The van der Waals surface area contributed by atoms with E-state index in [1.807, 2.05) is 0 Å². The van der Waals surface area contributed by atoms with Crippen molar-refractivity contribution in [3.05, 3.63) is 115 Å². The second kappa shape index (κ2) is 31.4. The molecule has 0 fully saturated rings. The Labute approximate surface area is 479 Å². The number of hydrogen-bond donors (Lipinski definition) is 2. The minimum Gasteiger partial charge on any atom is -0.491 e. The van der Waals surface area contributed by atoms with Crippen LogP contribution in [0.3, 0.4) is 0 Å². The molecule has 80 heavy (non-hydrogen) atoms. The van der Waals surface area contributed by atoms with Gasteiger partial charge >= 0.3 is 0 Å². The van der Waals surface area contributed by atoms with Crippen molar-refractivity contribution in [3.8, 4) is 23.0 Å². The Hall–Kier alpha value is -4.32. The number of fused-ring (bicyclic) bond motifs is 2. The normalized spacial score (nSPS) is 15.7. The Morgan fingerprint density at radius 2 is 0.537 bits per heavy atom. The first-order chi connectivity index (χ1) is 38.2. The lowest BCUT2D eigenvalue weighted by molar-refractivity contribution is -0.00706. The SMILES string of the molecule is CC(C)(C)c1cc2c(OCCOCCOCCO)c(c1)Cc1cc(C(C)(C)C)cc3c1OCCOCCOCCOCCOCCOc1c(cc(C(C)(C)C)cc1Cc1cc(C(C)(C)C)cc(c1OCCOCCOCCO)C3)C2. The van der Waals surface area contributed by atoms with Crippen molar-refractivity contribution in [1.29, 1.82) is 0 Å². The van der Waals surface area contributed by atoms with Crippen LogP contribution in [0.15, 0.2) is 48.5 Å². The molecular formula is C66H98O14. The van der Waals surface area contributed by atoms with E-state index in [1.54, 1.807) is 0 Å². The standard InChI is InChI=1S/C66H98O14/c1-63(2,3)55-39-47-35-51-43-57(65(7,8)9)45-53-37-49-41-56(64(4,5)6)42-50(60(49)78-32-28-74-20-18-70-16-14-68)38-54-46-58(66(10,11)12)44-52(36-48(40-55)59(47)77-31-27-73-19-17-69-15-13-67)62(54)80-34-30-76-26-24-72-22-21-71-23-25-75-29-33-79-61(51)53/h39-46,67-68H,13-38H2,1-12H3. The van der Waals surface area contributed by atoms with Crippen molar-refractivity contribution in [2.24, 2.45) is 0 Å². The molecular weight excluding hydrogens is 1020 g/mol. The van der Waals surface area contributed by atoms with Gasteiger partial charge in [0, 0.05) is 25.7 Å². The van der Waals surface area contributed by atoms with Gasteiger partial charge in [0.25, 0.3) is 0 Å². The second-order valence-electron chi connectivity index (χ2n) is 24.9. The van der Waals surface area contributed by atoms with Gasteiger partial charge in [-0.05, 0) is 88.4 Å². The number of rotatable bonds is 18. The van der Waals surface area contributed by atoms with Gasteiger partial charge in [0.1, 0.15) is 49.4 Å². The molecule has 4 aromatic carbocycles. The molecule has 446 valence electrons. The number of hydrogen-bond acceptors (Lipinski definition) is 14. The summed E-state index contributed by atoms with van der Waals surface area (Å²) in [6, 6.07) is 18.6. The summed E-state index contributed by atoms with van der Waals surface area (Å²) >= 11 is 0. The summed E-state index contributed by atoms with van der Waals surface area (Å²) in [5.41, 5.74) is 12.2. The molecule has 1 aliphatic heterocycles. The monoisotopic (exact) mass is 1110 g/mol. The first-order valence-corrected chi connectivity index (χ1v) is 29.2. The average Bonchev–Trinajstić information content (AvgIpc) is 3.38. The molecule has 0 unspecified atom stereocenters. The highest BCUT2D eigenvalue weighted by molar-refractivity contribution is 5.60. The van der Waals surface area contributed by atoms with Crippen LogP contribution in [0.2, 0.25) is 0 Å². The van der Waals surface area contributed by atoms with Crippen LogP contribution < -0.4 is 18.9 Å². The van der Waals surface area contributed by atoms with E-state index in [2.05, 4.69) is 132 Å². The fourth-order valence-electron chi connectivity index (χ4n) is 9.71. The largest absolute Gasteiger partial charge is 0.491 e. The Kier molecular flexibility index (Phi) is 25.4. The lowest BCUT2D eigenvalue weighted by Crippen LogP contribution is -2.19. The van der Waals surface area contributed by atoms with Crippen molar-refractivity contribution in [2.45, 2.75) is 130 Å². The minimum absolute atomic E-state index is 0.0351. The molecule has 14 heteroatoms. The molecule has 1 aliphatic carbocycles. The number of aliphatic hydroxyl groups excluding tert-OH is 2. The molecule has 0 spiro atoms. The summed E-state index contributed by atoms with van der Waals surface area (Å²) in [5.74, 6) is 3.24. The molecule has 0 amide bonds. The van der Waals surface area contributed by atoms with Crippen LogP contribution in [0, 0.1) is 0 Å². The van der Waals surface area contributed by atoms with E-state index < -0.39 is 0 Å². The maximum atomic E-state index is 9.26. The van der Waals surface area contributed by atoms with Crippen molar-refractivity contribution in [1.82, 2.24) is 0 Å². The first kappa shape index (κ1) is 64.8. The molecule has 4 aromatic rings. The number of aliphatic hydroxyl groups is 2. The summed E-state index contributed by atoms with van der Waals surface area (Å²) in [5, 5.41) is 18.5. The topological polar surface area (TPSA) is 151 Å². The quantitative estimate of drug-likeness (QED) is 0.0801. The summed E-state index contributed by atoms with van der Waals surface area (Å²) < 4.78 is 75.6. The van der Waals surface area contributed by atoms with E-state index in [0.717, 1.165) is 67.5 Å². The Balaban J connectivity index is 1.67. The molecule has 14 nitrogen and oxygen atoms in total. The summed E-state index contributed by atoms with van der Waals surface area (Å²) in [4.78, 5) is 0. The van der Waals surface area contributed by atoms with Gasteiger partial charge in [-0.3, -0.25) is 0 Å². The van der Waals surface area contributed by atoms with E-state index in [1.165, 1.54) is 22.3 Å². The van der Waals surface area contributed by atoms with Crippen molar-refractivity contribution in [2.75, 3.05) is 145 Å². The third kappa shape index (κ3) is 20.2. The van der Waals surface area contributed by atoms with E-state index in [0.29, 0.717) is 145 Å². The molecule has 0 atom stereocenters. The number of benzene rings is 4. The Morgan fingerprint density at radius 3 is 0.787 bits per heavy atom. The van der Waals surface area contributed by atoms with Crippen molar-refractivity contribution >= 4 is 0 Å². The average molecular weight is 1120 g/mol. The lowest BCUT2D eigenvalue weighted by Gasteiger charge is -2.29. The smallest absolute Gasteiger partial charge is 0.126 e. The Morgan fingerprint density at radius 1 is 0.312 bits per heavy atom. The molecule has 1 heterocycles. The lowest BCUT2D eigenvalue weighted by atomic mass is 9.79. The highest BCUT2D eigenvalue weighted by Crippen LogP contribution is 2.44. The zero-order chi connectivity index (χ0) is 57.8. The fourth-order valence-corrected chi connectivity index (χ4v) is 9.71. The second-order valence-corrected chi connectivity index (χ2v) is 24.9. The summed E-state index contributed by atoms with van der Waals surface area (Å²) in [6.45, 7) is 34.5. The third-order valence-electron chi connectivity index (χ3n) is 14.2. The minimum atomic E-state index is -0.225. The maximum absolute atomic E-state index is 9.26. The molecule has 2 aliphatic rings. The van der Waals surface area contributed by atoms with Gasteiger partial charge in [-0.15, -0.1) is 0 Å². The van der Waals surface area contributed by atoms with E-state index in [4.69, 9.17) is 56.8 Å². The van der Waals surface area contributed by atoms with Crippen LogP contribution in [0.4, 0.5) is 0 Å². The van der Waals surface area contributed by atoms with Crippen LogP contribution in [0.25, 0.3) is 0 Å². The van der Waals surface area contributed by atoms with Gasteiger partial charge in [0.2, 0.25) is 0 Å². The summed E-state index contributed by atoms with van der Waals surface area (Å²) in [6.07, 6.45) is 2.04. The highest BCUT2D eigenvalue weighted by Gasteiger charge is 2.30. The van der Waals surface area contributed by atoms with Crippen LogP contribution in [0.5, 0.6) is 23.0 Å². The maximum Gasteiger partial charge on any atom is 0.126 e. The van der Waals surface area contributed by atoms with Crippen molar-refractivity contribution in [3.63, 3.8) is 0 Å². The first-order valence-electron chi connectivity index (χ1n) is 29.2. The van der Waals surface area contributed by atoms with Gasteiger partial charge in [-0.2, -0.15) is 0 Å². The zero-order valence-corrected chi connectivity index (χ0v) is 50.8. The van der Waals surface area contributed by atoms with Gasteiger partial charge in [0.15, 0.2) is 0 Å². The van der Waals surface area contributed by atoms with Gasteiger partial charge < -0.3 is 67.1 Å². The molecule has 0 saturated heterocycles. The highest BCUT2D eigenvalue weighted by atomic mass is 16.6. The fraction of sp³-hybridized carbons (Fsp3) is 0.636. The molecule has 2 N–H and O–H groups in total. The van der Waals surface area contributed by atoms with Crippen LogP contribution in [-0.4, -0.2) is 156 Å². The third-order valence-corrected chi connectivity index (χ3v) is 14.2. The van der Waals surface area contributed by atoms with Gasteiger partial charge in [-0.1, -0.05) is 132 Å². The van der Waals surface area contributed by atoms with Gasteiger partial charge in [-0.25, -0.2) is 0 Å². The molecule has 6 rings (SSSR count). The predicted octanol–water partition coefficient (Wildman–Crippen LogP) is 10.2. The molecule has 0 radical (unpaired) electrons. The zero-order valence-electron chi connectivity index (χ0n) is 50.8. The molecule has 0 saturated carbocycles. The summed E-state index contributed by atoms with van der Waals surface area (Å²) in [7, 11) is 0. The van der Waals surface area contributed by atoms with Crippen LogP contribution in [-0.2, 0) is 85.2 Å². The van der Waals surface area contributed by atoms with E-state index in [9.17, 15) is 10.2 Å². The van der Waals surface area contributed by atoms with Crippen LogP contribution in [0.1, 0.15) is 150 Å². The van der Waals surface area contributed by atoms with Crippen LogP contribution >= 0.6 is 0 Å². The van der Waals surface area contributed by atoms with Gasteiger partial charge in [0.05, 0.1) is 119 Å². The number of ether oxygens (including phenoxy) is 12. The molecule has 0 aromatic heterocycles. The Bertz CT molecular complexity index is 2240. The van der Waals surface area contributed by atoms with Crippen molar-refractivity contribution < 1.29 is 67.1 Å². The predicted molar refractivity (Wildman–Crippen MR) is 314 cm³/mol.